The Morgan fingerprint density at radius 2 is 1.85 bits per heavy atom. The molecule has 20 heavy (non-hydrogen) atoms. The Morgan fingerprint density at radius 1 is 1.25 bits per heavy atom. The van der Waals surface area contributed by atoms with E-state index in [4.69, 9.17) is 33.9 Å². The molecule has 0 aliphatic rings. The molecule has 2 rings (SSSR count). The van der Waals surface area contributed by atoms with Crippen molar-refractivity contribution in [1.29, 1.82) is 0 Å². The highest BCUT2D eigenvalue weighted by molar-refractivity contribution is 8.13. The minimum atomic E-state index is -3.96. The van der Waals surface area contributed by atoms with Gasteiger partial charge in [0.1, 0.15) is 0 Å². The number of hydrogen-bond acceptors (Lipinski definition) is 4. The number of carbonyl (C=O) groups excluding carboxylic acids is 1. The average molecular weight is 355 g/mol. The van der Waals surface area contributed by atoms with Gasteiger partial charge in [0.25, 0.3) is 15.0 Å². The maximum absolute atomic E-state index is 11.8. The van der Waals surface area contributed by atoms with E-state index in [0.717, 1.165) is 12.1 Å². The molecule has 0 saturated heterocycles. The van der Waals surface area contributed by atoms with Crippen LogP contribution in [0.15, 0.2) is 29.4 Å². The van der Waals surface area contributed by atoms with Gasteiger partial charge in [-0.3, -0.25) is 9.89 Å². The number of amides is 1. The largest absolute Gasteiger partial charge is 0.319 e. The number of hydrogen-bond donors (Lipinski definition) is 2. The second-order valence-electron chi connectivity index (χ2n) is 3.64. The predicted molar refractivity (Wildman–Crippen MR) is 76.0 cm³/mol. The van der Waals surface area contributed by atoms with Crippen LogP contribution >= 0.6 is 33.9 Å². The van der Waals surface area contributed by atoms with Crippen LogP contribution in [0.2, 0.25) is 10.0 Å². The summed E-state index contributed by atoms with van der Waals surface area (Å²) >= 11 is 11.8. The molecule has 0 saturated carbocycles. The normalized spacial score (nSPS) is 11.3. The molecule has 1 aromatic carbocycles. The number of nitrogens with zero attached hydrogens (tertiary/aromatic N) is 1. The third kappa shape index (κ3) is 3.24. The fourth-order valence-corrected chi connectivity index (χ4v) is 2.87. The lowest BCUT2D eigenvalue weighted by molar-refractivity contribution is 0.102. The molecule has 6 nitrogen and oxygen atoms in total. The molecule has 1 amide bonds. The molecule has 1 heterocycles. The van der Waals surface area contributed by atoms with Gasteiger partial charge in [0.05, 0.1) is 32.4 Å². The zero-order valence-corrected chi connectivity index (χ0v) is 12.6. The summed E-state index contributed by atoms with van der Waals surface area (Å²) in [6, 6.07) is 2.20. The summed E-state index contributed by atoms with van der Waals surface area (Å²) in [5.74, 6) is -0.496. The van der Waals surface area contributed by atoms with E-state index < -0.39 is 15.0 Å². The fraction of sp³-hybridized carbons (Fsp3) is 0. The van der Waals surface area contributed by atoms with Gasteiger partial charge in [-0.25, -0.2) is 8.42 Å². The monoisotopic (exact) mass is 353 g/mol. The van der Waals surface area contributed by atoms with Crippen LogP contribution in [-0.2, 0) is 9.05 Å². The van der Waals surface area contributed by atoms with Crippen molar-refractivity contribution < 1.29 is 13.2 Å². The van der Waals surface area contributed by atoms with Gasteiger partial charge in [-0.15, -0.1) is 0 Å². The predicted octanol–water partition coefficient (Wildman–Crippen LogP) is 2.90. The lowest BCUT2D eigenvalue weighted by Crippen LogP contribution is -2.12. The number of nitrogens with one attached hydrogen (secondary N) is 2. The zero-order valence-electron chi connectivity index (χ0n) is 9.52. The molecule has 0 aliphatic carbocycles. The van der Waals surface area contributed by atoms with Gasteiger partial charge in [-0.2, -0.15) is 5.10 Å². The number of aromatic nitrogens is 2. The Hall–Kier alpha value is -1.28. The smallest absolute Gasteiger partial charge is 0.261 e. The topological polar surface area (TPSA) is 91.9 Å². The molecule has 0 aliphatic heterocycles. The van der Waals surface area contributed by atoms with Crippen molar-refractivity contribution in [2.24, 2.45) is 0 Å². The number of benzene rings is 1. The summed E-state index contributed by atoms with van der Waals surface area (Å²) in [6.45, 7) is 0. The van der Waals surface area contributed by atoms with E-state index in [2.05, 4.69) is 15.5 Å². The van der Waals surface area contributed by atoms with Gasteiger partial charge >= 0.3 is 0 Å². The van der Waals surface area contributed by atoms with Gasteiger partial charge < -0.3 is 5.32 Å². The molecule has 0 fully saturated rings. The number of carbonyl (C=O) groups is 1. The van der Waals surface area contributed by atoms with Crippen LogP contribution in [0.1, 0.15) is 10.4 Å². The van der Waals surface area contributed by atoms with E-state index in [-0.39, 0.29) is 26.2 Å². The Kier molecular flexibility index (Phi) is 4.24. The van der Waals surface area contributed by atoms with Gasteiger partial charge in [0.15, 0.2) is 0 Å². The molecule has 2 aromatic rings. The lowest BCUT2D eigenvalue weighted by atomic mass is 10.3. The Balaban J connectivity index is 2.37. The van der Waals surface area contributed by atoms with Crippen molar-refractivity contribution in [3.63, 3.8) is 0 Å². The van der Waals surface area contributed by atoms with Gasteiger partial charge in [0.2, 0.25) is 0 Å². The van der Waals surface area contributed by atoms with Crippen LogP contribution in [0.5, 0.6) is 0 Å². The first-order valence-electron chi connectivity index (χ1n) is 5.03. The molecule has 0 spiro atoms. The van der Waals surface area contributed by atoms with Crippen molar-refractivity contribution >= 4 is 54.5 Å². The molecular weight excluding hydrogens is 349 g/mol. The molecule has 1 aromatic heterocycles. The van der Waals surface area contributed by atoms with Gasteiger partial charge in [0, 0.05) is 16.9 Å². The third-order valence-corrected chi connectivity index (χ3v) is 4.23. The summed E-state index contributed by atoms with van der Waals surface area (Å²) in [6.07, 6.45) is 2.70. The van der Waals surface area contributed by atoms with E-state index in [1.54, 1.807) is 0 Å². The van der Waals surface area contributed by atoms with E-state index >= 15 is 0 Å². The summed E-state index contributed by atoms with van der Waals surface area (Å²) < 4.78 is 22.4. The average Bonchev–Trinajstić information content (AvgIpc) is 2.85. The number of anilines is 1. The van der Waals surface area contributed by atoms with Crippen LogP contribution in [0.25, 0.3) is 0 Å². The number of halogens is 3. The lowest BCUT2D eigenvalue weighted by Gasteiger charge is -2.09. The molecule has 0 radical (unpaired) electrons. The third-order valence-electron chi connectivity index (χ3n) is 2.30. The minimum absolute atomic E-state index is 0.0476. The van der Waals surface area contributed by atoms with Crippen LogP contribution in [-0.4, -0.2) is 24.5 Å². The standard InChI is InChI=1S/C10H6Cl3N3O3S/c11-7-1-6(20(13,18)19)2-8(12)9(7)16-10(17)5-3-14-15-4-5/h1-4H,(H,14,15)(H,16,17). The highest BCUT2D eigenvalue weighted by atomic mass is 35.7. The Bertz CT molecular complexity index is 736. The maximum Gasteiger partial charge on any atom is 0.261 e. The van der Waals surface area contributed by atoms with Crippen LogP contribution < -0.4 is 5.32 Å². The number of aromatic amines is 1. The van der Waals surface area contributed by atoms with Crippen LogP contribution in [0.4, 0.5) is 5.69 Å². The summed E-state index contributed by atoms with van der Waals surface area (Å²) in [7, 11) is 1.24. The maximum atomic E-state index is 11.8. The molecule has 0 unspecified atom stereocenters. The van der Waals surface area contributed by atoms with E-state index in [0.29, 0.717) is 0 Å². The quantitative estimate of drug-likeness (QED) is 0.829. The van der Waals surface area contributed by atoms with Gasteiger partial charge in [-0.05, 0) is 12.1 Å². The van der Waals surface area contributed by atoms with Crippen LogP contribution in [0.3, 0.4) is 0 Å². The first-order valence-corrected chi connectivity index (χ1v) is 8.09. The number of H-pyrrole nitrogens is 1. The molecule has 0 atom stereocenters. The van der Waals surface area contributed by atoms with Crippen molar-refractivity contribution in [2.45, 2.75) is 4.90 Å². The summed E-state index contributed by atoms with van der Waals surface area (Å²) in [5, 5.41) is 8.47. The van der Waals surface area contributed by atoms with Crippen molar-refractivity contribution in [3.8, 4) is 0 Å². The summed E-state index contributed by atoms with van der Waals surface area (Å²) in [5.41, 5.74) is 0.356. The van der Waals surface area contributed by atoms with E-state index in [1.165, 1.54) is 12.4 Å². The first kappa shape index (κ1) is 15.1. The molecule has 106 valence electrons. The second kappa shape index (κ2) is 5.61. The zero-order chi connectivity index (χ0) is 14.9. The SMILES string of the molecule is O=C(Nc1c(Cl)cc(S(=O)(=O)Cl)cc1Cl)c1cn[nH]c1. The van der Waals surface area contributed by atoms with Crippen molar-refractivity contribution in [1.82, 2.24) is 10.2 Å². The summed E-state index contributed by atoms with van der Waals surface area (Å²) in [4.78, 5) is 11.6. The highest BCUT2D eigenvalue weighted by Gasteiger charge is 2.18. The Morgan fingerprint density at radius 3 is 2.30 bits per heavy atom. The molecule has 10 heteroatoms. The molecule has 2 N–H and O–H groups in total. The van der Waals surface area contributed by atoms with E-state index in [1.807, 2.05) is 0 Å². The number of rotatable bonds is 3. The van der Waals surface area contributed by atoms with Gasteiger partial charge in [-0.1, -0.05) is 23.2 Å². The second-order valence-corrected chi connectivity index (χ2v) is 7.02. The van der Waals surface area contributed by atoms with Crippen LogP contribution in [0, 0.1) is 0 Å². The first-order chi connectivity index (χ1) is 9.29. The van der Waals surface area contributed by atoms with Crippen molar-refractivity contribution in [2.75, 3.05) is 5.32 Å². The fourth-order valence-electron chi connectivity index (χ4n) is 1.37. The molecular formula is C10H6Cl3N3O3S. The van der Waals surface area contributed by atoms with E-state index in [9.17, 15) is 13.2 Å². The molecule has 0 bridgehead atoms. The highest BCUT2D eigenvalue weighted by Crippen LogP contribution is 2.34. The Labute approximate surface area is 128 Å². The van der Waals surface area contributed by atoms with Crippen molar-refractivity contribution in [3.05, 3.63) is 40.1 Å². The minimum Gasteiger partial charge on any atom is -0.319 e.